The van der Waals surface area contributed by atoms with Crippen LogP contribution in [0.25, 0.3) is 0 Å². The van der Waals surface area contributed by atoms with E-state index in [-0.39, 0.29) is 11.5 Å². The average molecular weight is 324 g/mol. The highest BCUT2D eigenvalue weighted by Crippen LogP contribution is 2.17. The summed E-state index contributed by atoms with van der Waals surface area (Å²) in [7, 11) is -3.36. The van der Waals surface area contributed by atoms with Crippen molar-refractivity contribution in [3.05, 3.63) is 64.7 Å². The number of halogens is 1. The Labute approximate surface area is 128 Å². The summed E-state index contributed by atoms with van der Waals surface area (Å²) in [6.45, 7) is 1.55. The number of ketones is 1. The summed E-state index contributed by atoms with van der Waals surface area (Å²) in [6, 6.07) is 12.9. The molecule has 0 aromatic heterocycles. The number of anilines is 1. The molecule has 2 rings (SSSR count). The minimum atomic E-state index is -3.36. The predicted octanol–water partition coefficient (Wildman–Crippen LogP) is 3.33. The summed E-state index contributed by atoms with van der Waals surface area (Å²) >= 11 is 5.79. The highest BCUT2D eigenvalue weighted by atomic mass is 35.5. The molecule has 0 saturated carbocycles. The van der Waals surface area contributed by atoms with Gasteiger partial charge in [0.25, 0.3) is 0 Å². The van der Waals surface area contributed by atoms with Crippen LogP contribution < -0.4 is 4.72 Å². The lowest BCUT2D eigenvalue weighted by molar-refractivity contribution is 0.103. The Hall–Kier alpha value is -1.85. The number of benzene rings is 2. The molecule has 0 saturated heterocycles. The summed E-state index contributed by atoms with van der Waals surface area (Å²) < 4.78 is 25.5. The molecule has 0 bridgehead atoms. The summed E-state index contributed by atoms with van der Waals surface area (Å²) in [5, 5.41) is 0.552. The second kappa shape index (κ2) is 6.28. The van der Waals surface area contributed by atoms with Gasteiger partial charge >= 0.3 is 0 Å². The lowest BCUT2D eigenvalue weighted by Crippen LogP contribution is -2.15. The molecule has 0 aliphatic rings. The minimum absolute atomic E-state index is 0.0254. The fourth-order valence-electron chi connectivity index (χ4n) is 1.74. The molecule has 0 radical (unpaired) electrons. The van der Waals surface area contributed by atoms with E-state index in [0.717, 1.165) is 0 Å². The van der Waals surface area contributed by atoms with Crippen LogP contribution in [-0.4, -0.2) is 20.0 Å². The van der Waals surface area contributed by atoms with Crippen LogP contribution >= 0.6 is 11.6 Å². The van der Waals surface area contributed by atoms with Crippen LogP contribution in [-0.2, 0) is 10.0 Å². The SMILES string of the molecule is CCS(=O)(=O)Nc1cccc(C(=O)c2ccc(Cl)cc2)c1. The zero-order chi connectivity index (χ0) is 15.5. The Bertz CT molecular complexity index is 755. The van der Waals surface area contributed by atoms with Crippen LogP contribution in [0.15, 0.2) is 48.5 Å². The van der Waals surface area contributed by atoms with Gasteiger partial charge in [0.05, 0.1) is 5.75 Å². The Morgan fingerprint density at radius 1 is 1.10 bits per heavy atom. The molecule has 0 aliphatic heterocycles. The third-order valence-electron chi connectivity index (χ3n) is 2.88. The molecule has 4 nitrogen and oxygen atoms in total. The van der Waals surface area contributed by atoms with Gasteiger partial charge in [-0.2, -0.15) is 0 Å². The van der Waals surface area contributed by atoms with Crippen molar-refractivity contribution < 1.29 is 13.2 Å². The summed E-state index contributed by atoms with van der Waals surface area (Å²) in [4.78, 5) is 12.3. The standard InChI is InChI=1S/C15H14ClNO3S/c1-2-21(19,20)17-14-5-3-4-12(10-14)15(18)11-6-8-13(16)9-7-11/h3-10,17H,2H2,1H3. The number of nitrogens with one attached hydrogen (secondary N) is 1. The van der Waals surface area contributed by atoms with Crippen molar-refractivity contribution in [1.82, 2.24) is 0 Å². The monoisotopic (exact) mass is 323 g/mol. The maximum absolute atomic E-state index is 12.3. The van der Waals surface area contributed by atoms with Gasteiger partial charge in [0.1, 0.15) is 0 Å². The zero-order valence-corrected chi connectivity index (χ0v) is 12.9. The van der Waals surface area contributed by atoms with Gasteiger partial charge in [-0.1, -0.05) is 23.7 Å². The molecule has 1 N–H and O–H groups in total. The number of sulfonamides is 1. The quantitative estimate of drug-likeness (QED) is 0.858. The van der Waals surface area contributed by atoms with Gasteiger partial charge in [0.2, 0.25) is 10.0 Å². The lowest BCUT2D eigenvalue weighted by Gasteiger charge is -2.08. The third-order valence-corrected chi connectivity index (χ3v) is 4.44. The van der Waals surface area contributed by atoms with E-state index in [4.69, 9.17) is 11.6 Å². The van der Waals surface area contributed by atoms with E-state index in [2.05, 4.69) is 4.72 Å². The Morgan fingerprint density at radius 2 is 1.76 bits per heavy atom. The normalized spacial score (nSPS) is 11.1. The first kappa shape index (κ1) is 15.5. The molecule has 2 aromatic carbocycles. The smallest absolute Gasteiger partial charge is 0.232 e. The van der Waals surface area contributed by atoms with Crippen molar-refractivity contribution in [2.75, 3.05) is 10.5 Å². The molecule has 0 atom stereocenters. The topological polar surface area (TPSA) is 63.2 Å². The number of carbonyl (C=O) groups excluding carboxylic acids is 1. The fraction of sp³-hybridized carbons (Fsp3) is 0.133. The van der Waals surface area contributed by atoms with Gasteiger partial charge in [-0.15, -0.1) is 0 Å². The van der Waals surface area contributed by atoms with Crippen molar-refractivity contribution >= 4 is 33.1 Å². The summed E-state index contributed by atoms with van der Waals surface area (Å²) in [6.07, 6.45) is 0. The first-order valence-corrected chi connectivity index (χ1v) is 8.35. The Kier molecular flexibility index (Phi) is 4.65. The fourth-order valence-corrected chi connectivity index (χ4v) is 2.50. The summed E-state index contributed by atoms with van der Waals surface area (Å²) in [5.41, 5.74) is 1.28. The van der Waals surface area contributed by atoms with E-state index >= 15 is 0 Å². The van der Waals surface area contributed by atoms with Crippen LogP contribution in [0.5, 0.6) is 0 Å². The van der Waals surface area contributed by atoms with Gasteiger partial charge in [-0.25, -0.2) is 8.42 Å². The van der Waals surface area contributed by atoms with Crippen molar-refractivity contribution in [2.45, 2.75) is 6.92 Å². The highest BCUT2D eigenvalue weighted by Gasteiger charge is 2.11. The second-order valence-electron chi connectivity index (χ2n) is 4.42. The van der Waals surface area contributed by atoms with Gasteiger partial charge in [0.15, 0.2) is 5.78 Å². The van der Waals surface area contributed by atoms with Crippen molar-refractivity contribution in [1.29, 1.82) is 0 Å². The number of hydrogen-bond acceptors (Lipinski definition) is 3. The molecular weight excluding hydrogens is 310 g/mol. The largest absolute Gasteiger partial charge is 0.289 e. The first-order chi connectivity index (χ1) is 9.91. The highest BCUT2D eigenvalue weighted by molar-refractivity contribution is 7.92. The Morgan fingerprint density at radius 3 is 2.38 bits per heavy atom. The van der Waals surface area contributed by atoms with Crippen molar-refractivity contribution in [2.24, 2.45) is 0 Å². The second-order valence-corrected chi connectivity index (χ2v) is 6.87. The van der Waals surface area contributed by atoms with E-state index in [1.54, 1.807) is 49.4 Å². The molecule has 0 spiro atoms. The van der Waals surface area contributed by atoms with E-state index in [0.29, 0.717) is 21.8 Å². The molecule has 110 valence electrons. The van der Waals surface area contributed by atoms with Crippen LogP contribution in [0.3, 0.4) is 0 Å². The van der Waals surface area contributed by atoms with Crippen LogP contribution in [0, 0.1) is 0 Å². The lowest BCUT2D eigenvalue weighted by atomic mass is 10.0. The first-order valence-electron chi connectivity index (χ1n) is 6.32. The minimum Gasteiger partial charge on any atom is -0.289 e. The van der Waals surface area contributed by atoms with Gasteiger partial charge in [0, 0.05) is 21.8 Å². The van der Waals surface area contributed by atoms with Crippen LogP contribution in [0.4, 0.5) is 5.69 Å². The molecule has 0 amide bonds. The molecule has 6 heteroatoms. The van der Waals surface area contributed by atoms with E-state index in [9.17, 15) is 13.2 Å². The van der Waals surface area contributed by atoms with E-state index < -0.39 is 10.0 Å². The summed E-state index contributed by atoms with van der Waals surface area (Å²) in [5.74, 6) is -0.216. The van der Waals surface area contributed by atoms with Crippen molar-refractivity contribution in [3.8, 4) is 0 Å². The van der Waals surface area contributed by atoms with E-state index in [1.807, 2.05) is 0 Å². The molecule has 0 aliphatic carbocycles. The van der Waals surface area contributed by atoms with E-state index in [1.165, 1.54) is 6.07 Å². The van der Waals surface area contributed by atoms with Crippen LogP contribution in [0.2, 0.25) is 5.02 Å². The Balaban J connectivity index is 2.29. The number of hydrogen-bond donors (Lipinski definition) is 1. The number of carbonyl (C=O) groups is 1. The molecule has 0 heterocycles. The molecular formula is C15H14ClNO3S. The van der Waals surface area contributed by atoms with Crippen molar-refractivity contribution in [3.63, 3.8) is 0 Å². The predicted molar refractivity (Wildman–Crippen MR) is 84.4 cm³/mol. The van der Waals surface area contributed by atoms with Crippen LogP contribution in [0.1, 0.15) is 22.8 Å². The molecule has 21 heavy (non-hydrogen) atoms. The maximum atomic E-state index is 12.3. The zero-order valence-electron chi connectivity index (χ0n) is 11.3. The average Bonchev–Trinajstić information content (AvgIpc) is 2.47. The van der Waals surface area contributed by atoms with Gasteiger partial charge in [-0.05, 0) is 43.3 Å². The maximum Gasteiger partial charge on any atom is 0.232 e. The molecule has 0 unspecified atom stereocenters. The molecule has 0 fully saturated rings. The van der Waals surface area contributed by atoms with Gasteiger partial charge in [-0.3, -0.25) is 9.52 Å². The number of rotatable bonds is 5. The third kappa shape index (κ3) is 4.06. The molecule has 2 aromatic rings. The van der Waals surface area contributed by atoms with Gasteiger partial charge < -0.3 is 0 Å².